The first-order chi connectivity index (χ1) is 17.5. The van der Waals surface area contributed by atoms with Crippen LogP contribution < -0.4 is 20.6 Å². The highest BCUT2D eigenvalue weighted by Crippen LogP contribution is 2.28. The van der Waals surface area contributed by atoms with Gasteiger partial charge >= 0.3 is 0 Å². The van der Waals surface area contributed by atoms with Crippen molar-refractivity contribution >= 4 is 29.2 Å². The van der Waals surface area contributed by atoms with Crippen molar-refractivity contribution in [1.29, 1.82) is 0 Å². The van der Waals surface area contributed by atoms with Crippen LogP contribution >= 0.6 is 11.8 Å². The summed E-state index contributed by atoms with van der Waals surface area (Å²) in [6.45, 7) is 4.17. The van der Waals surface area contributed by atoms with Crippen LogP contribution in [0.4, 0.5) is 5.82 Å². The minimum atomic E-state index is -0.544. The van der Waals surface area contributed by atoms with Gasteiger partial charge in [0.1, 0.15) is 0 Å². The number of aromatic nitrogens is 5. The maximum Gasteiger partial charge on any atom is 0.293 e. The molecule has 13 heteroatoms. The Morgan fingerprint density at radius 2 is 2.00 bits per heavy atom. The SMILES string of the molecule is CCOc1ccc(/C(C)=N/NC(=O)c2nnn(-c3nonc3N)c2CSc2ccccc2)cc1OC. The smallest absolute Gasteiger partial charge is 0.293 e. The molecule has 0 bridgehead atoms. The Morgan fingerprint density at radius 1 is 1.19 bits per heavy atom. The van der Waals surface area contributed by atoms with Crippen LogP contribution in [0, 0.1) is 0 Å². The Morgan fingerprint density at radius 3 is 2.69 bits per heavy atom. The van der Waals surface area contributed by atoms with Gasteiger partial charge in [0.15, 0.2) is 17.2 Å². The standard InChI is InChI=1S/C23H24N8O4S/c1-4-34-18-11-10-15(12-19(18)33-3)14(2)25-27-23(32)20-17(13-36-16-8-6-5-7-9-16)31(30-26-20)22-21(24)28-35-29-22/h5-12H,4,13H2,1-3H3,(H2,24,28)(H,27,32)/b25-14+. The number of benzene rings is 2. The Bertz CT molecular complexity index is 1370. The van der Waals surface area contributed by atoms with E-state index in [1.54, 1.807) is 26.2 Å². The van der Waals surface area contributed by atoms with Gasteiger partial charge < -0.3 is 15.2 Å². The zero-order valence-corrected chi connectivity index (χ0v) is 20.7. The number of carbonyl (C=O) groups excluding carboxylic acids is 1. The number of ether oxygens (including phenoxy) is 2. The Kier molecular flexibility index (Phi) is 7.80. The molecule has 2 aromatic carbocycles. The summed E-state index contributed by atoms with van der Waals surface area (Å²) >= 11 is 1.50. The van der Waals surface area contributed by atoms with Gasteiger partial charge in [-0.2, -0.15) is 9.78 Å². The van der Waals surface area contributed by atoms with Gasteiger partial charge in [-0.15, -0.1) is 16.9 Å². The highest BCUT2D eigenvalue weighted by atomic mass is 32.2. The average molecular weight is 509 g/mol. The molecule has 0 aliphatic rings. The molecule has 0 unspecified atom stereocenters. The van der Waals surface area contributed by atoms with Crippen LogP contribution in [-0.2, 0) is 5.75 Å². The number of carbonyl (C=O) groups is 1. The monoisotopic (exact) mass is 508 g/mol. The molecule has 12 nitrogen and oxygen atoms in total. The topological polar surface area (TPSA) is 156 Å². The molecule has 4 rings (SSSR count). The molecule has 0 fully saturated rings. The van der Waals surface area contributed by atoms with Gasteiger partial charge in [0.2, 0.25) is 11.6 Å². The largest absolute Gasteiger partial charge is 0.493 e. The quantitative estimate of drug-likeness (QED) is 0.185. The van der Waals surface area contributed by atoms with Gasteiger partial charge in [0.05, 0.1) is 25.1 Å². The number of amides is 1. The fraction of sp³-hybridized carbons (Fsp3) is 0.217. The van der Waals surface area contributed by atoms with Crippen molar-refractivity contribution in [3.63, 3.8) is 0 Å². The fourth-order valence-electron chi connectivity index (χ4n) is 3.20. The number of nitrogen functional groups attached to an aromatic ring is 1. The van der Waals surface area contributed by atoms with Gasteiger partial charge in [-0.3, -0.25) is 4.79 Å². The van der Waals surface area contributed by atoms with Crippen LogP contribution in [0.15, 0.2) is 63.2 Å². The summed E-state index contributed by atoms with van der Waals surface area (Å²) in [5.41, 5.74) is 10.2. The lowest BCUT2D eigenvalue weighted by Gasteiger charge is -2.11. The first-order valence-corrected chi connectivity index (χ1v) is 11.9. The molecule has 0 aliphatic carbocycles. The number of methoxy groups -OCH3 is 1. The van der Waals surface area contributed by atoms with E-state index >= 15 is 0 Å². The molecule has 2 heterocycles. The van der Waals surface area contributed by atoms with Gasteiger partial charge in [0, 0.05) is 16.2 Å². The van der Waals surface area contributed by atoms with E-state index in [1.807, 2.05) is 43.3 Å². The molecule has 1 amide bonds. The predicted octanol–water partition coefficient (Wildman–Crippen LogP) is 3.09. The van der Waals surface area contributed by atoms with E-state index in [2.05, 4.69) is 31.2 Å². The first-order valence-electron chi connectivity index (χ1n) is 10.9. The first kappa shape index (κ1) is 24.7. The number of rotatable bonds is 10. The minimum Gasteiger partial charge on any atom is -0.493 e. The maximum atomic E-state index is 13.1. The van der Waals surface area contributed by atoms with Gasteiger partial charge in [-0.25, -0.2) is 10.1 Å². The normalized spacial score (nSPS) is 11.4. The van der Waals surface area contributed by atoms with Crippen LogP contribution in [0.2, 0.25) is 0 Å². The van der Waals surface area contributed by atoms with Crippen molar-refractivity contribution in [1.82, 2.24) is 30.7 Å². The maximum absolute atomic E-state index is 13.1. The number of hydrazone groups is 1. The van der Waals surface area contributed by atoms with Gasteiger partial charge in [-0.1, -0.05) is 23.4 Å². The highest BCUT2D eigenvalue weighted by molar-refractivity contribution is 7.98. The van der Waals surface area contributed by atoms with Crippen molar-refractivity contribution in [3.8, 4) is 17.3 Å². The highest BCUT2D eigenvalue weighted by Gasteiger charge is 2.24. The summed E-state index contributed by atoms with van der Waals surface area (Å²) in [6.07, 6.45) is 0. The third-order valence-electron chi connectivity index (χ3n) is 5.00. The molecular formula is C23H24N8O4S. The molecule has 0 atom stereocenters. The van der Waals surface area contributed by atoms with Crippen molar-refractivity contribution in [3.05, 3.63) is 65.5 Å². The van der Waals surface area contributed by atoms with Crippen molar-refractivity contribution in [2.45, 2.75) is 24.5 Å². The summed E-state index contributed by atoms with van der Waals surface area (Å²) in [5, 5.41) is 19.7. The number of nitrogens with one attached hydrogen (secondary N) is 1. The van der Waals surface area contributed by atoms with Crippen molar-refractivity contribution in [2.75, 3.05) is 19.5 Å². The van der Waals surface area contributed by atoms with Crippen molar-refractivity contribution < 1.29 is 18.9 Å². The molecular weight excluding hydrogens is 484 g/mol. The number of nitrogens with two attached hydrogens (primary N) is 1. The van der Waals surface area contributed by atoms with E-state index in [9.17, 15) is 4.79 Å². The Hall–Kier alpha value is -4.39. The van der Waals surface area contributed by atoms with Crippen LogP contribution in [0.3, 0.4) is 0 Å². The van der Waals surface area contributed by atoms with E-state index in [-0.39, 0.29) is 17.3 Å². The zero-order valence-electron chi connectivity index (χ0n) is 19.8. The van der Waals surface area contributed by atoms with Crippen LogP contribution in [0.1, 0.15) is 35.6 Å². The van der Waals surface area contributed by atoms with E-state index in [1.165, 1.54) is 16.4 Å². The molecule has 36 heavy (non-hydrogen) atoms. The third-order valence-corrected chi connectivity index (χ3v) is 6.02. The number of anilines is 1. The second-order valence-corrected chi connectivity index (χ2v) is 8.36. The summed E-state index contributed by atoms with van der Waals surface area (Å²) in [6, 6.07) is 15.1. The van der Waals surface area contributed by atoms with Gasteiger partial charge in [0.25, 0.3) is 5.91 Å². The van der Waals surface area contributed by atoms with E-state index < -0.39 is 5.91 Å². The Balaban J connectivity index is 1.58. The number of nitrogens with zero attached hydrogens (tertiary/aromatic N) is 6. The number of hydrogen-bond acceptors (Lipinski definition) is 11. The molecule has 0 spiro atoms. The summed E-state index contributed by atoms with van der Waals surface area (Å²) in [4.78, 5) is 14.1. The average Bonchev–Trinajstić information content (AvgIpc) is 3.52. The summed E-state index contributed by atoms with van der Waals surface area (Å²) in [7, 11) is 1.56. The third kappa shape index (κ3) is 5.46. The molecule has 2 aromatic heterocycles. The van der Waals surface area contributed by atoms with E-state index in [4.69, 9.17) is 19.8 Å². The molecule has 0 radical (unpaired) electrons. The van der Waals surface area contributed by atoms with Crippen LogP contribution in [0.5, 0.6) is 11.5 Å². The second kappa shape index (κ2) is 11.4. The van der Waals surface area contributed by atoms with Crippen molar-refractivity contribution in [2.24, 2.45) is 5.10 Å². The summed E-state index contributed by atoms with van der Waals surface area (Å²) in [5.74, 6) is 1.17. The predicted molar refractivity (Wildman–Crippen MR) is 133 cm³/mol. The lowest BCUT2D eigenvalue weighted by Crippen LogP contribution is -2.21. The summed E-state index contributed by atoms with van der Waals surface area (Å²) < 4.78 is 17.0. The second-order valence-electron chi connectivity index (χ2n) is 7.31. The molecule has 186 valence electrons. The molecule has 4 aromatic rings. The lowest BCUT2D eigenvalue weighted by molar-refractivity contribution is 0.0949. The zero-order chi connectivity index (χ0) is 25.5. The van der Waals surface area contributed by atoms with Gasteiger partial charge in [-0.05, 0) is 54.5 Å². The number of thioether (sulfide) groups is 1. The molecule has 3 N–H and O–H groups in total. The number of hydrogen-bond donors (Lipinski definition) is 2. The van der Waals surface area contributed by atoms with E-state index in [0.29, 0.717) is 35.3 Å². The van der Waals surface area contributed by atoms with Crippen LogP contribution in [-0.4, -0.2) is 50.6 Å². The van der Waals surface area contributed by atoms with Crippen LogP contribution in [0.25, 0.3) is 5.82 Å². The minimum absolute atomic E-state index is 0.0242. The molecule has 0 aliphatic heterocycles. The fourth-order valence-corrected chi connectivity index (χ4v) is 4.12. The van der Waals surface area contributed by atoms with E-state index in [0.717, 1.165) is 10.5 Å². The molecule has 0 saturated carbocycles. The molecule has 0 saturated heterocycles. The Labute approximate surface area is 210 Å². The lowest BCUT2D eigenvalue weighted by atomic mass is 10.1.